The van der Waals surface area contributed by atoms with Gasteiger partial charge in [0.15, 0.2) is 0 Å². The van der Waals surface area contributed by atoms with Crippen molar-refractivity contribution >= 4 is 27.4 Å². The maximum absolute atomic E-state index is 12.5. The van der Waals surface area contributed by atoms with Gasteiger partial charge in [0.1, 0.15) is 5.75 Å². The third-order valence-corrected chi connectivity index (χ3v) is 6.53. The number of sulfonamides is 1. The molecule has 2 amide bonds. The number of methoxy groups -OCH3 is 1. The van der Waals surface area contributed by atoms with E-state index in [0.717, 1.165) is 18.5 Å². The van der Waals surface area contributed by atoms with Crippen molar-refractivity contribution in [1.29, 1.82) is 0 Å². The number of hydrogen-bond donors (Lipinski definition) is 3. The number of carbonyl (C=O) groups is 1. The Labute approximate surface area is 177 Å². The topological polar surface area (TPSA) is 99.8 Å². The summed E-state index contributed by atoms with van der Waals surface area (Å²) in [5, 5.41) is 5.51. The Hall–Kier alpha value is -2.78. The first-order valence-corrected chi connectivity index (χ1v) is 11.3. The van der Waals surface area contributed by atoms with Crippen molar-refractivity contribution in [1.82, 2.24) is 10.0 Å². The van der Waals surface area contributed by atoms with Crippen LogP contribution in [0.5, 0.6) is 5.75 Å². The minimum Gasteiger partial charge on any atom is -0.495 e. The molecular weight excluding hydrogens is 404 g/mol. The van der Waals surface area contributed by atoms with Crippen LogP contribution in [-0.2, 0) is 10.0 Å². The number of ether oxygens (including phenoxy) is 1. The molecule has 0 bridgehead atoms. The van der Waals surface area contributed by atoms with Crippen molar-refractivity contribution in [2.24, 2.45) is 0 Å². The lowest BCUT2D eigenvalue weighted by molar-refractivity contribution is 0.251. The zero-order valence-corrected chi connectivity index (χ0v) is 18.2. The molecule has 0 aliphatic heterocycles. The summed E-state index contributed by atoms with van der Waals surface area (Å²) >= 11 is 0. The van der Waals surface area contributed by atoms with Crippen molar-refractivity contribution in [2.75, 3.05) is 30.9 Å². The largest absolute Gasteiger partial charge is 0.495 e. The van der Waals surface area contributed by atoms with E-state index in [4.69, 9.17) is 4.74 Å². The molecule has 1 atom stereocenters. The molecule has 0 radical (unpaired) electrons. The zero-order chi connectivity index (χ0) is 21.7. The Kier molecular flexibility index (Phi) is 6.84. The van der Waals surface area contributed by atoms with Gasteiger partial charge in [-0.25, -0.2) is 17.9 Å². The monoisotopic (exact) mass is 432 g/mol. The first-order chi connectivity index (χ1) is 14.3. The maximum atomic E-state index is 12.5. The number of amides is 2. The second-order valence-corrected chi connectivity index (χ2v) is 9.10. The number of anilines is 2. The molecule has 0 aromatic heterocycles. The molecule has 0 saturated heterocycles. The number of likely N-dealkylation sites (N-methyl/N-ethyl adjacent to an activating group) is 1. The van der Waals surface area contributed by atoms with Crippen molar-refractivity contribution in [3.05, 3.63) is 48.5 Å². The Balaban J connectivity index is 1.63. The summed E-state index contributed by atoms with van der Waals surface area (Å²) in [5.74, 6) is 0.380. The Morgan fingerprint density at radius 1 is 1.20 bits per heavy atom. The fourth-order valence-corrected chi connectivity index (χ4v) is 4.23. The zero-order valence-electron chi connectivity index (χ0n) is 17.4. The highest BCUT2D eigenvalue weighted by Gasteiger charge is 2.28. The lowest BCUT2D eigenvalue weighted by atomic mass is 10.2. The van der Waals surface area contributed by atoms with Crippen LogP contribution in [0.2, 0.25) is 0 Å². The smallest absolute Gasteiger partial charge is 0.319 e. The molecule has 8 nitrogen and oxygen atoms in total. The van der Waals surface area contributed by atoms with Crippen LogP contribution in [0.1, 0.15) is 19.8 Å². The number of rotatable bonds is 9. The van der Waals surface area contributed by atoms with Gasteiger partial charge in [-0.05, 0) is 50.1 Å². The number of nitrogens with one attached hydrogen (secondary N) is 3. The summed E-state index contributed by atoms with van der Waals surface area (Å²) < 4.78 is 32.8. The van der Waals surface area contributed by atoms with Gasteiger partial charge >= 0.3 is 6.03 Å². The van der Waals surface area contributed by atoms with Crippen LogP contribution in [0.25, 0.3) is 0 Å². The molecule has 1 aliphatic rings. The highest BCUT2D eigenvalue weighted by Crippen LogP contribution is 2.29. The predicted molar refractivity (Wildman–Crippen MR) is 118 cm³/mol. The van der Waals surface area contributed by atoms with Crippen LogP contribution in [-0.4, -0.2) is 47.2 Å². The van der Waals surface area contributed by atoms with E-state index in [0.29, 0.717) is 12.3 Å². The molecule has 2 aromatic rings. The van der Waals surface area contributed by atoms with E-state index in [9.17, 15) is 13.2 Å². The van der Waals surface area contributed by atoms with Gasteiger partial charge in [-0.3, -0.25) is 0 Å². The van der Waals surface area contributed by atoms with Gasteiger partial charge in [0.05, 0.1) is 17.7 Å². The number of hydrogen-bond acceptors (Lipinski definition) is 5. The average molecular weight is 433 g/mol. The van der Waals surface area contributed by atoms with Gasteiger partial charge in [-0.15, -0.1) is 0 Å². The van der Waals surface area contributed by atoms with Crippen molar-refractivity contribution in [3.63, 3.8) is 0 Å². The van der Waals surface area contributed by atoms with E-state index in [2.05, 4.69) is 20.3 Å². The molecule has 1 saturated carbocycles. The highest BCUT2D eigenvalue weighted by atomic mass is 32.2. The van der Waals surface area contributed by atoms with Crippen molar-refractivity contribution in [3.8, 4) is 5.75 Å². The van der Waals surface area contributed by atoms with Gasteiger partial charge in [0.2, 0.25) is 10.0 Å². The minimum atomic E-state index is -3.63. The van der Waals surface area contributed by atoms with E-state index in [1.54, 1.807) is 0 Å². The van der Waals surface area contributed by atoms with Gasteiger partial charge in [-0.1, -0.05) is 18.2 Å². The minimum absolute atomic E-state index is 0.0000914. The van der Waals surface area contributed by atoms with E-state index >= 15 is 0 Å². The van der Waals surface area contributed by atoms with Crippen LogP contribution in [0.4, 0.5) is 16.2 Å². The lowest BCUT2D eigenvalue weighted by Crippen LogP contribution is -2.41. The summed E-state index contributed by atoms with van der Waals surface area (Å²) in [5.41, 5.74) is 1.34. The highest BCUT2D eigenvalue weighted by molar-refractivity contribution is 7.89. The Morgan fingerprint density at radius 3 is 2.53 bits per heavy atom. The molecule has 9 heteroatoms. The molecule has 3 N–H and O–H groups in total. The van der Waals surface area contributed by atoms with E-state index < -0.39 is 16.1 Å². The molecular formula is C21H28N4O4S. The normalized spacial score (nSPS) is 14.6. The summed E-state index contributed by atoms with van der Waals surface area (Å²) in [4.78, 5) is 14.6. The van der Waals surface area contributed by atoms with Crippen molar-refractivity contribution in [2.45, 2.75) is 36.7 Å². The quantitative estimate of drug-likeness (QED) is 0.566. The van der Waals surface area contributed by atoms with Gasteiger partial charge in [0, 0.05) is 31.4 Å². The second kappa shape index (κ2) is 9.36. The molecule has 162 valence electrons. The van der Waals surface area contributed by atoms with Crippen LogP contribution in [0.15, 0.2) is 53.4 Å². The molecule has 3 rings (SSSR count). The van der Waals surface area contributed by atoms with Crippen LogP contribution in [0, 0.1) is 0 Å². The summed E-state index contributed by atoms with van der Waals surface area (Å²) in [6.45, 7) is 2.41. The Bertz CT molecular complexity index is 978. The standard InChI is InChI=1S/C21H28N4O4S/c1-15(25(2)17-7-5-4-6-8-17)14-22-21(26)23-19-13-18(11-12-20(19)29-3)30(27,28)24-16-9-10-16/h4-8,11-13,15-16,24H,9-10,14H2,1-3H3,(H2,22,23,26). The number of benzene rings is 2. The van der Waals surface area contributed by atoms with E-state index in [-0.39, 0.29) is 22.7 Å². The van der Waals surface area contributed by atoms with Crippen LogP contribution >= 0.6 is 0 Å². The molecule has 30 heavy (non-hydrogen) atoms. The fourth-order valence-electron chi connectivity index (χ4n) is 2.90. The third-order valence-electron chi connectivity index (χ3n) is 5.01. The number of carbonyl (C=O) groups excluding carboxylic acids is 1. The SMILES string of the molecule is COc1ccc(S(=O)(=O)NC2CC2)cc1NC(=O)NCC(C)N(C)c1ccccc1. The summed E-state index contributed by atoms with van der Waals surface area (Å²) in [7, 11) is -0.206. The van der Waals surface area contributed by atoms with Gasteiger partial charge in [0.25, 0.3) is 0 Å². The summed E-state index contributed by atoms with van der Waals surface area (Å²) in [6, 6.07) is 13.9. The lowest BCUT2D eigenvalue weighted by Gasteiger charge is -2.27. The second-order valence-electron chi connectivity index (χ2n) is 7.39. The molecule has 1 unspecified atom stereocenters. The number of urea groups is 1. The van der Waals surface area contributed by atoms with Gasteiger partial charge in [-0.2, -0.15) is 0 Å². The first kappa shape index (κ1) is 21.9. The number of nitrogens with zero attached hydrogens (tertiary/aromatic N) is 1. The summed E-state index contributed by atoms with van der Waals surface area (Å²) in [6.07, 6.45) is 1.69. The van der Waals surface area contributed by atoms with E-state index in [1.165, 1.54) is 25.3 Å². The van der Waals surface area contributed by atoms with Crippen LogP contribution in [0.3, 0.4) is 0 Å². The third kappa shape index (κ3) is 5.64. The molecule has 2 aromatic carbocycles. The molecule has 0 spiro atoms. The maximum Gasteiger partial charge on any atom is 0.319 e. The predicted octanol–water partition coefficient (Wildman–Crippen LogP) is 2.78. The number of para-hydroxylation sites is 1. The Morgan fingerprint density at radius 2 is 1.90 bits per heavy atom. The van der Waals surface area contributed by atoms with E-state index in [1.807, 2.05) is 44.3 Å². The first-order valence-electron chi connectivity index (χ1n) is 9.83. The van der Waals surface area contributed by atoms with Crippen molar-refractivity contribution < 1.29 is 17.9 Å². The molecule has 1 fully saturated rings. The molecule has 1 aliphatic carbocycles. The van der Waals surface area contributed by atoms with Gasteiger partial charge < -0.3 is 20.3 Å². The van der Waals surface area contributed by atoms with Crippen LogP contribution < -0.4 is 25.0 Å². The fraction of sp³-hybridized carbons (Fsp3) is 0.381. The molecule has 0 heterocycles. The average Bonchev–Trinajstić information content (AvgIpc) is 3.55.